The summed E-state index contributed by atoms with van der Waals surface area (Å²) in [6.45, 7) is 5.48. The number of benzene rings is 1. The summed E-state index contributed by atoms with van der Waals surface area (Å²) in [6, 6.07) is 6.35. The standard InChI is InChI=1S/C17H26FN3O3S/c1-4-14(2)21(25(3,23)24)13-17(22)20-11-9-19(10-12-20)16-8-6-5-7-15(16)18/h5-8,14H,4,9-13H2,1-3H3. The van der Waals surface area contributed by atoms with Crippen LogP contribution in [-0.4, -0.2) is 68.6 Å². The van der Waals surface area contributed by atoms with Crippen molar-refractivity contribution in [2.45, 2.75) is 26.3 Å². The van der Waals surface area contributed by atoms with Crippen molar-refractivity contribution in [3.8, 4) is 0 Å². The molecule has 0 bridgehead atoms. The maximum Gasteiger partial charge on any atom is 0.238 e. The van der Waals surface area contributed by atoms with Gasteiger partial charge in [-0.2, -0.15) is 4.31 Å². The number of halogens is 1. The van der Waals surface area contributed by atoms with Crippen molar-refractivity contribution < 1.29 is 17.6 Å². The molecule has 1 aliphatic rings. The molecule has 1 heterocycles. The SMILES string of the molecule is CCC(C)N(CC(=O)N1CCN(c2ccccc2F)CC1)S(C)(=O)=O. The zero-order chi connectivity index (χ0) is 18.6. The van der Waals surface area contributed by atoms with E-state index in [1.54, 1.807) is 30.0 Å². The molecule has 0 spiro atoms. The summed E-state index contributed by atoms with van der Waals surface area (Å²) in [5.74, 6) is -0.485. The van der Waals surface area contributed by atoms with Gasteiger partial charge in [-0.3, -0.25) is 4.79 Å². The lowest BCUT2D eigenvalue weighted by molar-refractivity contribution is -0.132. The molecule has 8 heteroatoms. The van der Waals surface area contributed by atoms with Crippen LogP contribution < -0.4 is 4.90 Å². The van der Waals surface area contributed by atoms with E-state index < -0.39 is 10.0 Å². The lowest BCUT2D eigenvalue weighted by atomic mass is 10.2. The van der Waals surface area contributed by atoms with Gasteiger partial charge in [-0.05, 0) is 25.5 Å². The van der Waals surface area contributed by atoms with Crippen LogP contribution in [0.4, 0.5) is 10.1 Å². The molecule has 1 fully saturated rings. The number of para-hydroxylation sites is 1. The highest BCUT2D eigenvalue weighted by molar-refractivity contribution is 7.88. The Labute approximate surface area is 149 Å². The number of anilines is 1. The first kappa shape index (κ1) is 19.7. The molecule has 1 saturated heterocycles. The Bertz CT molecular complexity index is 703. The van der Waals surface area contributed by atoms with Crippen LogP contribution in [0.5, 0.6) is 0 Å². The Hall–Kier alpha value is -1.67. The Morgan fingerprint density at radius 1 is 1.24 bits per heavy atom. The summed E-state index contributed by atoms with van der Waals surface area (Å²) in [5.41, 5.74) is 0.534. The van der Waals surface area contributed by atoms with Crippen LogP contribution in [0.1, 0.15) is 20.3 Å². The molecule has 1 aromatic carbocycles. The van der Waals surface area contributed by atoms with Gasteiger partial charge in [0.25, 0.3) is 0 Å². The first-order valence-electron chi connectivity index (χ1n) is 8.48. The molecule has 1 amide bonds. The minimum atomic E-state index is -3.44. The monoisotopic (exact) mass is 371 g/mol. The fraction of sp³-hybridized carbons (Fsp3) is 0.588. The molecule has 1 unspecified atom stereocenters. The van der Waals surface area contributed by atoms with Gasteiger partial charge in [-0.25, -0.2) is 12.8 Å². The third-order valence-electron chi connectivity index (χ3n) is 4.63. The lowest BCUT2D eigenvalue weighted by Gasteiger charge is -2.37. The highest BCUT2D eigenvalue weighted by Crippen LogP contribution is 2.20. The van der Waals surface area contributed by atoms with Gasteiger partial charge in [0.2, 0.25) is 15.9 Å². The van der Waals surface area contributed by atoms with Crippen LogP contribution in [0.3, 0.4) is 0 Å². The number of sulfonamides is 1. The smallest absolute Gasteiger partial charge is 0.238 e. The molecule has 0 aromatic heterocycles. The van der Waals surface area contributed by atoms with Crippen LogP contribution >= 0.6 is 0 Å². The van der Waals surface area contributed by atoms with Crippen LogP contribution in [0, 0.1) is 5.82 Å². The average molecular weight is 371 g/mol. The van der Waals surface area contributed by atoms with Crippen molar-refractivity contribution in [2.75, 3.05) is 43.9 Å². The topological polar surface area (TPSA) is 60.9 Å². The van der Waals surface area contributed by atoms with Gasteiger partial charge in [0.1, 0.15) is 5.82 Å². The average Bonchev–Trinajstić information content (AvgIpc) is 2.58. The van der Waals surface area contributed by atoms with E-state index in [1.165, 1.54) is 10.4 Å². The van der Waals surface area contributed by atoms with Crippen molar-refractivity contribution >= 4 is 21.6 Å². The third kappa shape index (κ3) is 4.92. The highest BCUT2D eigenvalue weighted by atomic mass is 32.2. The van der Waals surface area contributed by atoms with E-state index in [0.717, 1.165) is 6.26 Å². The Balaban J connectivity index is 1.98. The molecular formula is C17H26FN3O3S. The molecule has 2 rings (SSSR count). The summed E-state index contributed by atoms with van der Waals surface area (Å²) >= 11 is 0. The fourth-order valence-corrected chi connectivity index (χ4v) is 4.09. The van der Waals surface area contributed by atoms with Crippen molar-refractivity contribution in [2.24, 2.45) is 0 Å². The van der Waals surface area contributed by atoms with Gasteiger partial charge in [0.15, 0.2) is 0 Å². The summed E-state index contributed by atoms with van der Waals surface area (Å²) in [7, 11) is -3.44. The molecular weight excluding hydrogens is 345 g/mol. The molecule has 140 valence electrons. The maximum atomic E-state index is 13.9. The predicted molar refractivity (Wildman–Crippen MR) is 96.5 cm³/mol. The van der Waals surface area contributed by atoms with Gasteiger partial charge in [0.05, 0.1) is 18.5 Å². The first-order chi connectivity index (χ1) is 11.7. The molecule has 6 nitrogen and oxygen atoms in total. The quantitative estimate of drug-likeness (QED) is 0.761. The van der Waals surface area contributed by atoms with Crippen LogP contribution in [0.15, 0.2) is 24.3 Å². The first-order valence-corrected chi connectivity index (χ1v) is 10.3. The molecule has 1 atom stereocenters. The number of amides is 1. The van der Waals surface area contributed by atoms with E-state index >= 15 is 0 Å². The zero-order valence-electron chi connectivity index (χ0n) is 15.0. The second-order valence-electron chi connectivity index (χ2n) is 6.38. The van der Waals surface area contributed by atoms with Crippen molar-refractivity contribution in [3.05, 3.63) is 30.1 Å². The minimum absolute atomic E-state index is 0.145. The number of hydrogen-bond acceptors (Lipinski definition) is 4. The number of hydrogen-bond donors (Lipinski definition) is 0. The number of carbonyl (C=O) groups excluding carboxylic acids is 1. The minimum Gasteiger partial charge on any atom is -0.366 e. The van der Waals surface area contributed by atoms with Crippen LogP contribution in [-0.2, 0) is 14.8 Å². The zero-order valence-corrected chi connectivity index (χ0v) is 15.8. The van der Waals surface area contributed by atoms with Crippen LogP contribution in [0.25, 0.3) is 0 Å². The van der Waals surface area contributed by atoms with Crippen molar-refractivity contribution in [3.63, 3.8) is 0 Å². The van der Waals surface area contributed by atoms with E-state index in [4.69, 9.17) is 0 Å². The second kappa shape index (κ2) is 8.14. The largest absolute Gasteiger partial charge is 0.366 e. The number of nitrogens with zero attached hydrogens (tertiary/aromatic N) is 3. The summed E-state index contributed by atoms with van der Waals surface area (Å²) in [4.78, 5) is 16.1. The number of carbonyl (C=O) groups is 1. The molecule has 0 saturated carbocycles. The van der Waals surface area contributed by atoms with E-state index in [-0.39, 0.29) is 24.3 Å². The third-order valence-corrected chi connectivity index (χ3v) is 5.97. The fourth-order valence-electron chi connectivity index (χ4n) is 2.94. The molecule has 0 N–H and O–H groups in total. The number of piperazine rings is 1. The maximum absolute atomic E-state index is 13.9. The van der Waals surface area contributed by atoms with Crippen molar-refractivity contribution in [1.29, 1.82) is 0 Å². The molecule has 1 aliphatic heterocycles. The Morgan fingerprint density at radius 2 is 1.84 bits per heavy atom. The molecule has 25 heavy (non-hydrogen) atoms. The van der Waals surface area contributed by atoms with E-state index in [0.29, 0.717) is 38.3 Å². The van der Waals surface area contributed by atoms with Gasteiger partial charge in [0, 0.05) is 32.2 Å². The highest BCUT2D eigenvalue weighted by Gasteiger charge is 2.29. The normalized spacial score (nSPS) is 17.0. The van der Waals surface area contributed by atoms with Gasteiger partial charge >= 0.3 is 0 Å². The second-order valence-corrected chi connectivity index (χ2v) is 8.32. The van der Waals surface area contributed by atoms with Crippen molar-refractivity contribution in [1.82, 2.24) is 9.21 Å². The molecule has 0 radical (unpaired) electrons. The van der Waals surface area contributed by atoms with E-state index in [2.05, 4.69) is 0 Å². The summed E-state index contributed by atoms with van der Waals surface area (Å²) in [6.07, 6.45) is 1.77. The predicted octanol–water partition coefficient (Wildman–Crippen LogP) is 1.53. The van der Waals surface area contributed by atoms with Crippen LogP contribution in [0.2, 0.25) is 0 Å². The Kier molecular flexibility index (Phi) is 6.40. The van der Waals surface area contributed by atoms with E-state index in [1.807, 2.05) is 11.8 Å². The summed E-state index contributed by atoms with van der Waals surface area (Å²) < 4.78 is 39.0. The van der Waals surface area contributed by atoms with E-state index in [9.17, 15) is 17.6 Å². The Morgan fingerprint density at radius 3 is 2.36 bits per heavy atom. The van der Waals surface area contributed by atoms with Gasteiger partial charge < -0.3 is 9.80 Å². The van der Waals surface area contributed by atoms with Gasteiger partial charge in [-0.15, -0.1) is 0 Å². The molecule has 1 aromatic rings. The summed E-state index contributed by atoms with van der Waals surface area (Å²) in [5, 5.41) is 0. The number of rotatable bonds is 6. The lowest BCUT2D eigenvalue weighted by Crippen LogP contribution is -2.53. The van der Waals surface area contributed by atoms with Gasteiger partial charge in [-0.1, -0.05) is 19.1 Å². The molecule has 0 aliphatic carbocycles.